The van der Waals surface area contributed by atoms with E-state index in [0.29, 0.717) is 17.2 Å². The molecule has 0 unspecified atom stereocenters. The number of aromatic carboxylic acids is 1. The number of carbonyl (C=O) groups excluding carboxylic acids is 2. The van der Waals surface area contributed by atoms with Crippen molar-refractivity contribution in [3.63, 3.8) is 0 Å². The maximum absolute atomic E-state index is 12.3. The normalized spacial score (nSPS) is 10.3. The van der Waals surface area contributed by atoms with Gasteiger partial charge in [-0.05, 0) is 36.4 Å². The molecular weight excluding hydrogens is 340 g/mol. The Morgan fingerprint density at radius 3 is 2.42 bits per heavy atom. The van der Waals surface area contributed by atoms with Gasteiger partial charge in [0.15, 0.2) is 11.5 Å². The van der Waals surface area contributed by atoms with Crippen LogP contribution >= 0.6 is 0 Å². The number of anilines is 2. The van der Waals surface area contributed by atoms with Crippen LogP contribution < -0.4 is 16.0 Å². The molecule has 0 radical (unpaired) electrons. The van der Waals surface area contributed by atoms with Crippen LogP contribution in [0, 0.1) is 0 Å². The van der Waals surface area contributed by atoms with Gasteiger partial charge in [-0.2, -0.15) is 5.10 Å². The largest absolute Gasteiger partial charge is 0.478 e. The molecule has 132 valence electrons. The Hall–Kier alpha value is -3.95. The Morgan fingerprint density at radius 1 is 1.04 bits per heavy atom. The van der Waals surface area contributed by atoms with Crippen molar-refractivity contribution in [3.05, 3.63) is 53.9 Å². The van der Waals surface area contributed by atoms with Crippen LogP contribution in [0.2, 0.25) is 0 Å². The van der Waals surface area contributed by atoms with Crippen molar-refractivity contribution >= 4 is 35.1 Å². The summed E-state index contributed by atoms with van der Waals surface area (Å²) in [7, 11) is 1.48. The number of nitrogens with zero attached hydrogens (tertiary/aromatic N) is 3. The number of fused-ring (bicyclic) bond motifs is 1. The average molecular weight is 354 g/mol. The van der Waals surface area contributed by atoms with E-state index in [1.807, 2.05) is 0 Å². The molecule has 0 spiro atoms. The fourth-order valence-corrected chi connectivity index (χ4v) is 2.13. The van der Waals surface area contributed by atoms with Gasteiger partial charge in [-0.1, -0.05) is 0 Å². The summed E-state index contributed by atoms with van der Waals surface area (Å²) in [4.78, 5) is 38.6. The van der Waals surface area contributed by atoms with Crippen LogP contribution in [-0.4, -0.2) is 44.7 Å². The second kappa shape index (κ2) is 6.89. The third-order valence-corrected chi connectivity index (χ3v) is 3.41. The van der Waals surface area contributed by atoms with Crippen molar-refractivity contribution in [2.75, 3.05) is 17.7 Å². The molecule has 0 fully saturated rings. The highest BCUT2D eigenvalue weighted by Gasteiger charge is 2.12. The molecule has 0 aliphatic heterocycles. The standard InChI is InChI=1S/C16H14N6O4/c1-17-16(26)20-12-8-22-13(19-12)7-6-11(21-22)14(23)18-10-4-2-9(3-5-10)15(24)25/h2-8H,1H3,(H,18,23)(H,24,25)(H2,17,20,26). The van der Waals surface area contributed by atoms with Gasteiger partial charge in [0.25, 0.3) is 5.91 Å². The van der Waals surface area contributed by atoms with E-state index in [0.717, 1.165) is 0 Å². The number of urea groups is 1. The number of carboxylic acids is 1. The van der Waals surface area contributed by atoms with Gasteiger partial charge in [-0.15, -0.1) is 0 Å². The summed E-state index contributed by atoms with van der Waals surface area (Å²) in [5.74, 6) is -1.22. The van der Waals surface area contributed by atoms with Gasteiger partial charge in [0, 0.05) is 12.7 Å². The van der Waals surface area contributed by atoms with Crippen molar-refractivity contribution in [2.24, 2.45) is 0 Å². The molecule has 0 saturated heterocycles. The number of hydrogen-bond donors (Lipinski definition) is 4. The quantitative estimate of drug-likeness (QED) is 0.559. The van der Waals surface area contributed by atoms with Crippen molar-refractivity contribution in [1.82, 2.24) is 19.9 Å². The van der Waals surface area contributed by atoms with Gasteiger partial charge >= 0.3 is 12.0 Å². The number of carbonyl (C=O) groups is 3. The summed E-state index contributed by atoms with van der Waals surface area (Å²) in [6.07, 6.45) is 1.48. The first kappa shape index (κ1) is 16.9. The van der Waals surface area contributed by atoms with E-state index >= 15 is 0 Å². The van der Waals surface area contributed by atoms with Gasteiger partial charge in [0.2, 0.25) is 0 Å². The topological polar surface area (TPSA) is 138 Å². The molecule has 10 heteroatoms. The first-order valence-electron chi connectivity index (χ1n) is 7.46. The van der Waals surface area contributed by atoms with Crippen LogP contribution in [-0.2, 0) is 0 Å². The third-order valence-electron chi connectivity index (χ3n) is 3.41. The highest BCUT2D eigenvalue weighted by Crippen LogP contribution is 2.12. The van der Waals surface area contributed by atoms with Crippen LogP contribution in [0.25, 0.3) is 5.65 Å². The zero-order valence-corrected chi connectivity index (χ0v) is 13.6. The molecule has 0 aliphatic rings. The van der Waals surface area contributed by atoms with Crippen molar-refractivity contribution < 1.29 is 19.5 Å². The van der Waals surface area contributed by atoms with Gasteiger partial charge in [-0.3, -0.25) is 10.1 Å². The van der Waals surface area contributed by atoms with Crippen LogP contribution in [0.15, 0.2) is 42.6 Å². The minimum Gasteiger partial charge on any atom is -0.478 e. The molecular formula is C16H14N6O4. The summed E-state index contributed by atoms with van der Waals surface area (Å²) in [6.45, 7) is 0. The molecule has 1 aromatic carbocycles. The monoisotopic (exact) mass is 354 g/mol. The highest BCUT2D eigenvalue weighted by molar-refractivity contribution is 6.03. The van der Waals surface area contributed by atoms with E-state index in [4.69, 9.17) is 5.11 Å². The zero-order chi connectivity index (χ0) is 18.7. The summed E-state index contributed by atoms with van der Waals surface area (Å²) < 4.78 is 1.37. The smallest absolute Gasteiger partial charge is 0.335 e. The molecule has 0 aliphatic carbocycles. The van der Waals surface area contributed by atoms with Crippen molar-refractivity contribution in [2.45, 2.75) is 0 Å². The first-order chi connectivity index (χ1) is 12.5. The Morgan fingerprint density at radius 2 is 1.77 bits per heavy atom. The fourth-order valence-electron chi connectivity index (χ4n) is 2.13. The second-order valence-electron chi connectivity index (χ2n) is 5.19. The molecule has 0 atom stereocenters. The number of amides is 3. The van der Waals surface area contributed by atoms with Crippen LogP contribution in [0.4, 0.5) is 16.3 Å². The van der Waals surface area contributed by atoms with Crippen molar-refractivity contribution in [3.8, 4) is 0 Å². The summed E-state index contributed by atoms with van der Waals surface area (Å²) >= 11 is 0. The maximum atomic E-state index is 12.3. The predicted molar refractivity (Wildman–Crippen MR) is 92.4 cm³/mol. The molecule has 4 N–H and O–H groups in total. The second-order valence-corrected chi connectivity index (χ2v) is 5.19. The summed E-state index contributed by atoms with van der Waals surface area (Å²) in [5, 5.41) is 20.6. The summed E-state index contributed by atoms with van der Waals surface area (Å²) in [5.41, 5.74) is 1.15. The van der Waals surface area contributed by atoms with E-state index in [2.05, 4.69) is 26.0 Å². The van der Waals surface area contributed by atoms with E-state index in [9.17, 15) is 14.4 Å². The van der Waals surface area contributed by atoms with Crippen LogP contribution in [0.5, 0.6) is 0 Å². The first-order valence-corrected chi connectivity index (χ1v) is 7.46. The number of carboxylic acid groups (broad SMARTS) is 1. The van der Waals surface area contributed by atoms with Gasteiger partial charge in [0.1, 0.15) is 5.69 Å². The number of rotatable bonds is 4. The molecule has 26 heavy (non-hydrogen) atoms. The molecule has 10 nitrogen and oxygen atoms in total. The van der Waals surface area contributed by atoms with Gasteiger partial charge < -0.3 is 15.7 Å². The molecule has 3 amide bonds. The van der Waals surface area contributed by atoms with Crippen molar-refractivity contribution in [1.29, 1.82) is 0 Å². The lowest BCUT2D eigenvalue weighted by atomic mass is 10.2. The number of benzene rings is 1. The third kappa shape index (κ3) is 3.59. The molecule has 0 saturated carbocycles. The number of hydrogen-bond acceptors (Lipinski definition) is 5. The van der Waals surface area contributed by atoms with E-state index in [1.165, 1.54) is 48.1 Å². The predicted octanol–water partition coefficient (Wildman–Crippen LogP) is 1.43. The van der Waals surface area contributed by atoms with E-state index in [1.54, 1.807) is 6.07 Å². The van der Waals surface area contributed by atoms with Crippen LogP contribution in [0.1, 0.15) is 20.8 Å². The molecule has 0 bridgehead atoms. The lowest BCUT2D eigenvalue weighted by Crippen LogP contribution is -2.24. The number of aromatic nitrogens is 3. The zero-order valence-electron chi connectivity index (χ0n) is 13.6. The highest BCUT2D eigenvalue weighted by atomic mass is 16.4. The molecule has 2 aromatic heterocycles. The Labute approximate surface area is 146 Å². The maximum Gasteiger partial charge on any atom is 0.335 e. The Balaban J connectivity index is 1.77. The van der Waals surface area contributed by atoms with E-state index < -0.39 is 17.9 Å². The molecule has 2 heterocycles. The van der Waals surface area contributed by atoms with Gasteiger partial charge in [0.05, 0.1) is 11.8 Å². The molecule has 3 rings (SSSR count). The van der Waals surface area contributed by atoms with E-state index in [-0.39, 0.29) is 11.3 Å². The van der Waals surface area contributed by atoms with Gasteiger partial charge in [-0.25, -0.2) is 19.1 Å². The van der Waals surface area contributed by atoms with Crippen LogP contribution in [0.3, 0.4) is 0 Å². The fraction of sp³-hybridized carbons (Fsp3) is 0.0625. The SMILES string of the molecule is CNC(=O)Nc1cn2nc(C(=O)Nc3ccc(C(=O)O)cc3)ccc2n1. The number of imidazole rings is 1. The lowest BCUT2D eigenvalue weighted by molar-refractivity contribution is 0.0696. The Bertz CT molecular complexity index is 996. The molecule has 3 aromatic rings. The summed E-state index contributed by atoms with van der Waals surface area (Å²) in [6, 6.07) is 8.42. The number of nitrogens with one attached hydrogen (secondary N) is 3. The average Bonchev–Trinajstić information content (AvgIpc) is 3.03. The lowest BCUT2D eigenvalue weighted by Gasteiger charge is -2.05. The minimum atomic E-state index is -1.05. The Kier molecular flexibility index (Phi) is 4.48. The minimum absolute atomic E-state index is 0.122.